The second-order valence-electron chi connectivity index (χ2n) is 7.64. The predicted molar refractivity (Wildman–Crippen MR) is 105 cm³/mol. The van der Waals surface area contributed by atoms with E-state index in [-0.39, 0.29) is 6.03 Å². The van der Waals surface area contributed by atoms with Crippen LogP contribution in [0.5, 0.6) is 0 Å². The molecule has 0 spiro atoms. The van der Waals surface area contributed by atoms with Gasteiger partial charge in [-0.15, -0.1) is 0 Å². The van der Waals surface area contributed by atoms with Gasteiger partial charge in [-0.25, -0.2) is 4.79 Å². The van der Waals surface area contributed by atoms with E-state index in [0.29, 0.717) is 12.1 Å². The molecule has 3 nitrogen and oxygen atoms in total. The van der Waals surface area contributed by atoms with Gasteiger partial charge in [-0.05, 0) is 49.7 Å². The Bertz CT molecular complexity index is 654. The Balaban J connectivity index is 1.43. The van der Waals surface area contributed by atoms with Crippen molar-refractivity contribution in [3.05, 3.63) is 71.8 Å². The van der Waals surface area contributed by atoms with Crippen LogP contribution in [0.2, 0.25) is 0 Å². The first-order valence-corrected chi connectivity index (χ1v) is 9.96. The minimum atomic E-state index is 0.266. The van der Waals surface area contributed by atoms with Gasteiger partial charge in [0, 0.05) is 25.2 Å². The lowest BCUT2D eigenvalue weighted by molar-refractivity contribution is 0.143. The minimum Gasteiger partial charge on any atom is -0.321 e. The Morgan fingerprint density at radius 3 is 1.58 bits per heavy atom. The molecule has 0 N–H and O–H groups in total. The van der Waals surface area contributed by atoms with E-state index in [1.807, 2.05) is 0 Å². The topological polar surface area (TPSA) is 23.6 Å². The summed E-state index contributed by atoms with van der Waals surface area (Å²) in [6.07, 6.45) is 6.45. The molecule has 0 aromatic heterocycles. The molecule has 2 aliphatic rings. The molecule has 0 bridgehead atoms. The van der Waals surface area contributed by atoms with Crippen LogP contribution in [0.1, 0.15) is 36.8 Å². The van der Waals surface area contributed by atoms with Crippen LogP contribution in [0.25, 0.3) is 0 Å². The van der Waals surface area contributed by atoms with E-state index in [1.165, 1.54) is 11.1 Å². The average molecular weight is 348 g/mol. The Hall–Kier alpha value is -2.29. The van der Waals surface area contributed by atoms with E-state index in [0.717, 1.165) is 51.6 Å². The third-order valence-electron chi connectivity index (χ3n) is 5.87. The molecule has 0 aliphatic carbocycles. The molecule has 2 atom stereocenters. The van der Waals surface area contributed by atoms with Gasteiger partial charge in [-0.2, -0.15) is 0 Å². The van der Waals surface area contributed by atoms with Crippen LogP contribution >= 0.6 is 0 Å². The summed E-state index contributed by atoms with van der Waals surface area (Å²) < 4.78 is 0. The number of likely N-dealkylation sites (tertiary alicyclic amines) is 2. The Kier molecular flexibility index (Phi) is 5.24. The summed E-state index contributed by atoms with van der Waals surface area (Å²) in [5.41, 5.74) is 2.67. The van der Waals surface area contributed by atoms with Gasteiger partial charge in [-0.1, -0.05) is 60.7 Å². The molecule has 2 saturated heterocycles. The number of urea groups is 1. The average Bonchev–Trinajstić information content (AvgIpc) is 3.32. The largest absolute Gasteiger partial charge is 0.321 e. The van der Waals surface area contributed by atoms with E-state index in [1.54, 1.807) is 0 Å². The van der Waals surface area contributed by atoms with Gasteiger partial charge in [0.25, 0.3) is 0 Å². The normalized spacial score (nSPS) is 22.8. The Labute approximate surface area is 156 Å². The highest BCUT2D eigenvalue weighted by molar-refractivity contribution is 5.76. The number of rotatable bonds is 4. The van der Waals surface area contributed by atoms with Crippen LogP contribution in [0, 0.1) is 0 Å². The van der Waals surface area contributed by atoms with Crippen LogP contribution in [0.4, 0.5) is 4.79 Å². The number of nitrogens with zero attached hydrogens (tertiary/aromatic N) is 2. The fourth-order valence-electron chi connectivity index (χ4n) is 4.54. The maximum Gasteiger partial charge on any atom is 0.320 e. The molecule has 2 heterocycles. The number of hydrogen-bond acceptors (Lipinski definition) is 1. The van der Waals surface area contributed by atoms with E-state index < -0.39 is 0 Å². The quantitative estimate of drug-likeness (QED) is 0.797. The van der Waals surface area contributed by atoms with Gasteiger partial charge in [0.05, 0.1) is 0 Å². The fourth-order valence-corrected chi connectivity index (χ4v) is 4.54. The SMILES string of the molecule is O=C(N1CCC[C@@H]1Cc1ccccc1)N1CCC[C@@H]1Cc1ccccc1. The van der Waals surface area contributed by atoms with Gasteiger partial charge >= 0.3 is 6.03 Å². The maximum absolute atomic E-state index is 13.3. The lowest BCUT2D eigenvalue weighted by atomic mass is 10.0. The first-order chi connectivity index (χ1) is 12.8. The monoisotopic (exact) mass is 348 g/mol. The smallest absolute Gasteiger partial charge is 0.320 e. The van der Waals surface area contributed by atoms with E-state index >= 15 is 0 Å². The highest BCUT2D eigenvalue weighted by Gasteiger charge is 2.36. The second kappa shape index (κ2) is 7.94. The molecule has 2 aromatic carbocycles. The van der Waals surface area contributed by atoms with Crippen molar-refractivity contribution in [2.45, 2.75) is 50.6 Å². The molecular formula is C23H28N2O. The summed E-state index contributed by atoms with van der Waals surface area (Å²) in [6.45, 7) is 1.82. The van der Waals surface area contributed by atoms with Crippen LogP contribution in [-0.2, 0) is 12.8 Å². The van der Waals surface area contributed by atoms with Crippen molar-refractivity contribution in [3.63, 3.8) is 0 Å². The molecule has 3 heteroatoms. The standard InChI is InChI=1S/C23H28N2O/c26-23(24-15-7-13-21(24)17-19-9-3-1-4-10-19)25-16-8-14-22(25)18-20-11-5-2-6-12-20/h1-6,9-12,21-22H,7-8,13-18H2/t21-,22-/m1/s1. The number of amides is 2. The van der Waals surface area contributed by atoms with Crippen LogP contribution in [-0.4, -0.2) is 41.0 Å². The zero-order valence-corrected chi connectivity index (χ0v) is 15.4. The summed E-state index contributed by atoms with van der Waals surface area (Å²) in [5.74, 6) is 0. The van der Waals surface area contributed by atoms with Crippen molar-refractivity contribution in [2.24, 2.45) is 0 Å². The first kappa shape index (κ1) is 17.1. The first-order valence-electron chi connectivity index (χ1n) is 9.96. The third kappa shape index (κ3) is 3.77. The number of carbonyl (C=O) groups excluding carboxylic acids is 1. The molecule has 2 aliphatic heterocycles. The third-order valence-corrected chi connectivity index (χ3v) is 5.87. The number of carbonyl (C=O) groups is 1. The molecule has 0 unspecified atom stereocenters. The Morgan fingerprint density at radius 2 is 1.15 bits per heavy atom. The van der Waals surface area contributed by atoms with Crippen LogP contribution in [0.15, 0.2) is 60.7 Å². The molecule has 136 valence electrons. The maximum atomic E-state index is 13.3. The van der Waals surface area contributed by atoms with Gasteiger partial charge in [-0.3, -0.25) is 0 Å². The van der Waals surface area contributed by atoms with Crippen molar-refractivity contribution in [3.8, 4) is 0 Å². The van der Waals surface area contributed by atoms with Crippen molar-refractivity contribution in [1.82, 2.24) is 9.80 Å². The summed E-state index contributed by atoms with van der Waals surface area (Å²) in [4.78, 5) is 17.6. The van der Waals surface area contributed by atoms with Crippen LogP contribution < -0.4 is 0 Å². The summed E-state index contributed by atoms with van der Waals surface area (Å²) in [7, 11) is 0. The van der Waals surface area contributed by atoms with Crippen LogP contribution in [0.3, 0.4) is 0 Å². The van der Waals surface area contributed by atoms with Gasteiger partial charge < -0.3 is 9.80 Å². The van der Waals surface area contributed by atoms with E-state index in [9.17, 15) is 4.79 Å². The van der Waals surface area contributed by atoms with E-state index in [2.05, 4.69) is 70.5 Å². The molecule has 2 amide bonds. The van der Waals surface area contributed by atoms with Crippen molar-refractivity contribution >= 4 is 6.03 Å². The number of benzene rings is 2. The number of hydrogen-bond donors (Lipinski definition) is 0. The molecule has 4 rings (SSSR count). The lowest BCUT2D eigenvalue weighted by Crippen LogP contribution is -2.48. The minimum absolute atomic E-state index is 0.266. The van der Waals surface area contributed by atoms with Crippen molar-refractivity contribution in [2.75, 3.05) is 13.1 Å². The van der Waals surface area contributed by atoms with Gasteiger partial charge in [0.15, 0.2) is 0 Å². The molecule has 26 heavy (non-hydrogen) atoms. The van der Waals surface area contributed by atoms with E-state index in [4.69, 9.17) is 0 Å². The summed E-state index contributed by atoms with van der Waals surface area (Å²) >= 11 is 0. The molecule has 2 fully saturated rings. The summed E-state index contributed by atoms with van der Waals surface area (Å²) in [6, 6.07) is 22.1. The highest BCUT2D eigenvalue weighted by Crippen LogP contribution is 2.27. The van der Waals surface area contributed by atoms with Crippen molar-refractivity contribution < 1.29 is 4.79 Å². The van der Waals surface area contributed by atoms with Gasteiger partial charge in [0.2, 0.25) is 0 Å². The second-order valence-corrected chi connectivity index (χ2v) is 7.64. The Morgan fingerprint density at radius 1 is 0.731 bits per heavy atom. The molecule has 0 radical (unpaired) electrons. The zero-order valence-electron chi connectivity index (χ0n) is 15.4. The lowest BCUT2D eigenvalue weighted by Gasteiger charge is -2.33. The van der Waals surface area contributed by atoms with Crippen molar-refractivity contribution in [1.29, 1.82) is 0 Å². The molecular weight excluding hydrogens is 320 g/mol. The molecule has 2 aromatic rings. The summed E-state index contributed by atoms with van der Waals surface area (Å²) in [5, 5.41) is 0. The molecule has 0 saturated carbocycles. The van der Waals surface area contributed by atoms with Gasteiger partial charge in [0.1, 0.15) is 0 Å². The fraction of sp³-hybridized carbons (Fsp3) is 0.435. The highest BCUT2D eigenvalue weighted by atomic mass is 16.2. The predicted octanol–water partition coefficient (Wildman–Crippen LogP) is 4.52. The zero-order chi connectivity index (χ0) is 17.8.